The number of likely N-dealkylation sites (tertiary alicyclic amines) is 2. The summed E-state index contributed by atoms with van der Waals surface area (Å²) in [6.45, 7) is 4.48. The molecule has 0 bridgehead atoms. The third kappa shape index (κ3) is 4.25. The van der Waals surface area contributed by atoms with Crippen molar-refractivity contribution in [2.45, 2.75) is 37.8 Å². The Kier molecular flexibility index (Phi) is 5.57. The average molecular weight is 336 g/mol. The van der Waals surface area contributed by atoms with Crippen LogP contribution < -0.4 is 5.32 Å². The van der Waals surface area contributed by atoms with E-state index in [2.05, 4.69) is 22.2 Å². The highest BCUT2D eigenvalue weighted by Gasteiger charge is 2.29. The molecule has 1 atom stereocenters. The van der Waals surface area contributed by atoms with Gasteiger partial charge in [-0.2, -0.15) is 0 Å². The quantitative estimate of drug-likeness (QED) is 0.922. The molecule has 2 heterocycles. The number of benzene rings is 1. The van der Waals surface area contributed by atoms with Crippen molar-refractivity contribution < 1.29 is 4.79 Å². The summed E-state index contributed by atoms with van der Waals surface area (Å²) in [5.41, 5.74) is 0.575. The number of hydrogen-bond acceptors (Lipinski definition) is 3. The van der Waals surface area contributed by atoms with Gasteiger partial charge >= 0.3 is 0 Å². The van der Waals surface area contributed by atoms with E-state index in [-0.39, 0.29) is 11.9 Å². The maximum Gasteiger partial charge on any atom is 0.253 e. The van der Waals surface area contributed by atoms with E-state index < -0.39 is 0 Å². The van der Waals surface area contributed by atoms with Crippen LogP contribution in [-0.2, 0) is 0 Å². The van der Waals surface area contributed by atoms with Crippen LogP contribution in [0.25, 0.3) is 0 Å². The van der Waals surface area contributed by atoms with Gasteiger partial charge in [0.15, 0.2) is 0 Å². The van der Waals surface area contributed by atoms with E-state index in [0.717, 1.165) is 25.9 Å². The summed E-state index contributed by atoms with van der Waals surface area (Å²) >= 11 is 6.12. The highest BCUT2D eigenvalue weighted by Crippen LogP contribution is 2.21. The third-order valence-corrected chi connectivity index (χ3v) is 5.44. The Hall–Kier alpha value is -1.10. The molecule has 0 radical (unpaired) electrons. The number of rotatable bonds is 3. The van der Waals surface area contributed by atoms with Crippen molar-refractivity contribution in [3.63, 3.8) is 0 Å². The molecule has 1 N–H and O–H groups in total. The second-order valence-electron chi connectivity index (χ2n) is 6.82. The number of nitrogens with zero attached hydrogens (tertiary/aromatic N) is 2. The van der Waals surface area contributed by atoms with Crippen molar-refractivity contribution >= 4 is 17.5 Å². The Morgan fingerprint density at radius 3 is 2.65 bits per heavy atom. The van der Waals surface area contributed by atoms with Crippen molar-refractivity contribution in [1.29, 1.82) is 0 Å². The van der Waals surface area contributed by atoms with Crippen molar-refractivity contribution in [2.75, 3.05) is 33.2 Å². The predicted molar refractivity (Wildman–Crippen MR) is 94.0 cm³/mol. The SMILES string of the molecule is CN1CCC(N2CCC[C@H](NC(=O)c3ccccc3Cl)C2)CC1. The summed E-state index contributed by atoms with van der Waals surface area (Å²) in [6, 6.07) is 8.16. The first-order valence-corrected chi connectivity index (χ1v) is 8.99. The molecule has 0 spiro atoms. The Bertz CT molecular complexity index is 543. The van der Waals surface area contributed by atoms with Gasteiger partial charge in [0.25, 0.3) is 5.91 Å². The molecule has 2 aliphatic rings. The average Bonchev–Trinajstić information content (AvgIpc) is 2.56. The fourth-order valence-corrected chi connectivity index (χ4v) is 3.95. The molecule has 2 aliphatic heterocycles. The van der Waals surface area contributed by atoms with Gasteiger partial charge in [-0.25, -0.2) is 0 Å². The van der Waals surface area contributed by atoms with Gasteiger partial charge in [-0.15, -0.1) is 0 Å². The highest BCUT2D eigenvalue weighted by atomic mass is 35.5. The van der Waals surface area contributed by atoms with Crippen LogP contribution in [0.15, 0.2) is 24.3 Å². The molecule has 0 unspecified atom stereocenters. The van der Waals surface area contributed by atoms with Gasteiger partial charge in [0.1, 0.15) is 0 Å². The monoisotopic (exact) mass is 335 g/mol. The van der Waals surface area contributed by atoms with Crippen molar-refractivity contribution in [2.24, 2.45) is 0 Å². The van der Waals surface area contributed by atoms with Crippen LogP contribution in [0.2, 0.25) is 5.02 Å². The van der Waals surface area contributed by atoms with E-state index in [1.807, 2.05) is 12.1 Å². The second kappa shape index (κ2) is 7.65. The lowest BCUT2D eigenvalue weighted by molar-refractivity contribution is 0.0766. The summed E-state index contributed by atoms with van der Waals surface area (Å²) in [4.78, 5) is 17.4. The zero-order valence-corrected chi connectivity index (χ0v) is 14.6. The minimum atomic E-state index is -0.0502. The molecular formula is C18H26ClN3O. The maximum atomic E-state index is 12.4. The molecule has 0 saturated carbocycles. The number of piperidine rings is 2. The van der Waals surface area contributed by atoms with Gasteiger partial charge in [0.2, 0.25) is 0 Å². The van der Waals surface area contributed by atoms with Crippen LogP contribution in [0.4, 0.5) is 0 Å². The van der Waals surface area contributed by atoms with Crippen LogP contribution in [-0.4, -0.2) is 61.0 Å². The van der Waals surface area contributed by atoms with Gasteiger partial charge in [0.05, 0.1) is 10.6 Å². The number of carbonyl (C=O) groups excluding carboxylic acids is 1. The van der Waals surface area contributed by atoms with Crippen LogP contribution in [0, 0.1) is 0 Å². The Morgan fingerprint density at radius 2 is 1.91 bits per heavy atom. The highest BCUT2D eigenvalue weighted by molar-refractivity contribution is 6.33. The first-order valence-electron chi connectivity index (χ1n) is 8.61. The van der Waals surface area contributed by atoms with E-state index in [4.69, 9.17) is 11.6 Å². The first kappa shape index (κ1) is 16.7. The standard InChI is InChI=1S/C18H26ClN3O/c1-21-11-8-15(9-12-21)22-10-4-5-14(13-22)20-18(23)16-6-2-3-7-17(16)19/h2-3,6-7,14-15H,4-5,8-13H2,1H3,(H,20,23)/t14-/m0/s1. The summed E-state index contributed by atoms with van der Waals surface area (Å²) in [5, 5.41) is 3.70. The number of amides is 1. The van der Waals surface area contributed by atoms with Gasteiger partial charge in [-0.05, 0) is 64.5 Å². The molecule has 1 aromatic rings. The molecule has 5 heteroatoms. The molecule has 0 aromatic heterocycles. The number of nitrogens with one attached hydrogen (secondary N) is 1. The Morgan fingerprint density at radius 1 is 1.17 bits per heavy atom. The minimum Gasteiger partial charge on any atom is -0.348 e. The minimum absolute atomic E-state index is 0.0502. The summed E-state index contributed by atoms with van der Waals surface area (Å²) in [6.07, 6.45) is 4.68. The van der Waals surface area contributed by atoms with Gasteiger partial charge < -0.3 is 10.2 Å². The molecular weight excluding hydrogens is 310 g/mol. The number of halogens is 1. The van der Waals surface area contributed by atoms with Crippen LogP contribution in [0.5, 0.6) is 0 Å². The maximum absolute atomic E-state index is 12.4. The van der Waals surface area contributed by atoms with Gasteiger partial charge in [-0.1, -0.05) is 23.7 Å². The topological polar surface area (TPSA) is 35.6 Å². The Balaban J connectivity index is 1.56. The lowest BCUT2D eigenvalue weighted by Crippen LogP contribution is -2.53. The summed E-state index contributed by atoms with van der Waals surface area (Å²) in [5.74, 6) is -0.0502. The molecule has 2 saturated heterocycles. The van der Waals surface area contributed by atoms with Crippen molar-refractivity contribution in [3.05, 3.63) is 34.9 Å². The molecule has 4 nitrogen and oxygen atoms in total. The zero-order valence-electron chi connectivity index (χ0n) is 13.8. The second-order valence-corrected chi connectivity index (χ2v) is 7.23. The molecule has 126 valence electrons. The van der Waals surface area contributed by atoms with E-state index >= 15 is 0 Å². The number of carbonyl (C=O) groups is 1. The smallest absolute Gasteiger partial charge is 0.253 e. The van der Waals surface area contributed by atoms with Crippen LogP contribution in [0.3, 0.4) is 0 Å². The van der Waals surface area contributed by atoms with E-state index in [0.29, 0.717) is 16.6 Å². The van der Waals surface area contributed by atoms with Gasteiger partial charge in [-0.3, -0.25) is 9.69 Å². The molecule has 2 fully saturated rings. The molecule has 23 heavy (non-hydrogen) atoms. The molecule has 3 rings (SSSR count). The van der Waals surface area contributed by atoms with Crippen LogP contribution in [0.1, 0.15) is 36.0 Å². The molecule has 0 aliphatic carbocycles. The molecule has 1 amide bonds. The lowest BCUT2D eigenvalue weighted by Gasteiger charge is -2.41. The van der Waals surface area contributed by atoms with E-state index in [9.17, 15) is 4.79 Å². The van der Waals surface area contributed by atoms with Crippen molar-refractivity contribution in [1.82, 2.24) is 15.1 Å². The Labute approximate surface area is 143 Å². The largest absolute Gasteiger partial charge is 0.348 e. The van der Waals surface area contributed by atoms with Gasteiger partial charge in [0, 0.05) is 18.6 Å². The predicted octanol–water partition coefficient (Wildman–Crippen LogP) is 2.63. The lowest BCUT2D eigenvalue weighted by atomic mass is 9.98. The number of hydrogen-bond donors (Lipinski definition) is 1. The zero-order chi connectivity index (χ0) is 16.2. The third-order valence-electron chi connectivity index (χ3n) is 5.11. The van der Waals surface area contributed by atoms with E-state index in [1.165, 1.54) is 25.9 Å². The van der Waals surface area contributed by atoms with E-state index in [1.54, 1.807) is 12.1 Å². The molecule has 1 aromatic carbocycles. The fraction of sp³-hybridized carbons (Fsp3) is 0.611. The van der Waals surface area contributed by atoms with Crippen LogP contribution >= 0.6 is 11.6 Å². The summed E-state index contributed by atoms with van der Waals surface area (Å²) in [7, 11) is 2.19. The normalized spacial score (nSPS) is 24.5. The van der Waals surface area contributed by atoms with Crippen molar-refractivity contribution in [3.8, 4) is 0 Å². The first-order chi connectivity index (χ1) is 11.1. The summed E-state index contributed by atoms with van der Waals surface area (Å²) < 4.78 is 0. The fourth-order valence-electron chi connectivity index (χ4n) is 3.72.